The SMILES string of the molecule is CCNC(=O)NC(=O)C(c1ccccc1)N1CCN(c2ccc(F)cc2)CC1. The second kappa shape index (κ2) is 9.32. The molecular weight excluding hydrogens is 359 g/mol. The first-order chi connectivity index (χ1) is 13.6. The monoisotopic (exact) mass is 384 g/mol. The van der Waals surface area contributed by atoms with Crippen LogP contribution in [0.4, 0.5) is 14.9 Å². The fourth-order valence-electron chi connectivity index (χ4n) is 3.44. The lowest BCUT2D eigenvalue weighted by atomic mass is 10.0. The first kappa shape index (κ1) is 19.8. The third-order valence-electron chi connectivity index (χ3n) is 4.81. The lowest BCUT2D eigenvalue weighted by Crippen LogP contribution is -2.52. The summed E-state index contributed by atoms with van der Waals surface area (Å²) < 4.78 is 13.2. The van der Waals surface area contributed by atoms with Crippen molar-refractivity contribution in [3.8, 4) is 0 Å². The van der Waals surface area contributed by atoms with Gasteiger partial charge in [0.1, 0.15) is 11.9 Å². The highest BCUT2D eigenvalue weighted by atomic mass is 19.1. The van der Waals surface area contributed by atoms with Gasteiger partial charge in [-0.3, -0.25) is 15.0 Å². The second-order valence-corrected chi connectivity index (χ2v) is 6.66. The number of halogens is 1. The van der Waals surface area contributed by atoms with Crippen LogP contribution in [0.5, 0.6) is 0 Å². The molecule has 1 aliphatic heterocycles. The number of hydrogen-bond donors (Lipinski definition) is 2. The van der Waals surface area contributed by atoms with Crippen LogP contribution >= 0.6 is 0 Å². The smallest absolute Gasteiger partial charge is 0.321 e. The number of amides is 3. The van der Waals surface area contributed by atoms with E-state index < -0.39 is 12.1 Å². The van der Waals surface area contributed by atoms with Crippen LogP contribution in [-0.2, 0) is 4.79 Å². The molecule has 28 heavy (non-hydrogen) atoms. The van der Waals surface area contributed by atoms with Crippen molar-refractivity contribution in [2.45, 2.75) is 13.0 Å². The molecule has 0 spiro atoms. The molecule has 0 aliphatic carbocycles. The first-order valence-corrected chi connectivity index (χ1v) is 9.46. The van der Waals surface area contributed by atoms with E-state index in [1.165, 1.54) is 12.1 Å². The van der Waals surface area contributed by atoms with Gasteiger partial charge in [-0.1, -0.05) is 30.3 Å². The summed E-state index contributed by atoms with van der Waals surface area (Å²) in [6.07, 6.45) is 0. The Morgan fingerprint density at radius 2 is 1.64 bits per heavy atom. The number of nitrogens with zero attached hydrogens (tertiary/aromatic N) is 2. The van der Waals surface area contributed by atoms with Gasteiger partial charge in [-0.25, -0.2) is 9.18 Å². The molecule has 7 heteroatoms. The lowest BCUT2D eigenvalue weighted by molar-refractivity contribution is -0.125. The molecule has 2 N–H and O–H groups in total. The van der Waals surface area contributed by atoms with Gasteiger partial charge >= 0.3 is 6.03 Å². The Morgan fingerprint density at radius 1 is 1.00 bits per heavy atom. The minimum absolute atomic E-state index is 0.256. The minimum Gasteiger partial charge on any atom is -0.369 e. The number of carbonyl (C=O) groups excluding carboxylic acids is 2. The number of hydrogen-bond acceptors (Lipinski definition) is 4. The fourth-order valence-corrected chi connectivity index (χ4v) is 3.44. The maximum absolute atomic E-state index is 13.2. The van der Waals surface area contributed by atoms with Crippen LogP contribution in [0.3, 0.4) is 0 Å². The zero-order valence-corrected chi connectivity index (χ0v) is 15.9. The van der Waals surface area contributed by atoms with Crippen LogP contribution in [0.25, 0.3) is 0 Å². The van der Waals surface area contributed by atoms with E-state index in [1.54, 1.807) is 19.1 Å². The van der Waals surface area contributed by atoms with E-state index in [0.717, 1.165) is 11.3 Å². The quantitative estimate of drug-likeness (QED) is 0.832. The molecule has 1 saturated heterocycles. The number of urea groups is 1. The van der Waals surface area contributed by atoms with Crippen LogP contribution < -0.4 is 15.5 Å². The molecule has 0 saturated carbocycles. The first-order valence-electron chi connectivity index (χ1n) is 9.46. The zero-order valence-electron chi connectivity index (χ0n) is 15.9. The number of nitrogens with one attached hydrogen (secondary N) is 2. The van der Waals surface area contributed by atoms with Gasteiger partial charge < -0.3 is 10.2 Å². The summed E-state index contributed by atoms with van der Waals surface area (Å²) in [6, 6.07) is 14.9. The van der Waals surface area contributed by atoms with Crippen molar-refractivity contribution in [3.05, 3.63) is 66.0 Å². The third kappa shape index (κ3) is 4.86. The molecule has 2 aromatic rings. The molecule has 1 fully saturated rings. The van der Waals surface area contributed by atoms with E-state index in [0.29, 0.717) is 32.7 Å². The van der Waals surface area contributed by atoms with Gasteiger partial charge in [-0.15, -0.1) is 0 Å². The van der Waals surface area contributed by atoms with Crippen molar-refractivity contribution >= 4 is 17.6 Å². The molecule has 6 nitrogen and oxygen atoms in total. The number of benzene rings is 2. The summed E-state index contributed by atoms with van der Waals surface area (Å²) in [5.74, 6) is -0.596. The molecule has 0 bridgehead atoms. The number of anilines is 1. The Labute approximate surface area is 164 Å². The highest BCUT2D eigenvalue weighted by Gasteiger charge is 2.31. The predicted octanol–water partition coefficient (Wildman–Crippen LogP) is 2.53. The molecule has 2 aromatic carbocycles. The van der Waals surface area contributed by atoms with Crippen molar-refractivity contribution in [2.24, 2.45) is 0 Å². The van der Waals surface area contributed by atoms with E-state index >= 15 is 0 Å². The molecular formula is C21H25FN4O2. The average Bonchev–Trinajstić information content (AvgIpc) is 2.70. The van der Waals surface area contributed by atoms with Crippen molar-refractivity contribution in [1.82, 2.24) is 15.5 Å². The van der Waals surface area contributed by atoms with Crippen LogP contribution in [0.1, 0.15) is 18.5 Å². The normalized spacial score (nSPS) is 15.7. The Morgan fingerprint density at radius 3 is 2.25 bits per heavy atom. The molecule has 148 valence electrons. The Bertz CT molecular complexity index is 790. The molecule has 0 radical (unpaired) electrons. The van der Waals surface area contributed by atoms with Crippen LogP contribution in [0, 0.1) is 5.82 Å². The Kier molecular flexibility index (Phi) is 6.60. The van der Waals surface area contributed by atoms with E-state index in [-0.39, 0.29) is 11.7 Å². The van der Waals surface area contributed by atoms with E-state index in [9.17, 15) is 14.0 Å². The highest BCUT2D eigenvalue weighted by molar-refractivity contribution is 5.97. The molecule has 0 aromatic heterocycles. The van der Waals surface area contributed by atoms with Gasteiger partial charge in [0.25, 0.3) is 0 Å². The molecule has 3 amide bonds. The Balaban J connectivity index is 1.71. The highest BCUT2D eigenvalue weighted by Crippen LogP contribution is 2.24. The number of carbonyl (C=O) groups is 2. The maximum atomic E-state index is 13.2. The third-order valence-corrected chi connectivity index (χ3v) is 4.81. The minimum atomic E-state index is -0.542. The maximum Gasteiger partial charge on any atom is 0.321 e. The van der Waals surface area contributed by atoms with Crippen LogP contribution in [0.15, 0.2) is 54.6 Å². The number of piperazine rings is 1. The van der Waals surface area contributed by atoms with Crippen molar-refractivity contribution < 1.29 is 14.0 Å². The van der Waals surface area contributed by atoms with Gasteiger partial charge in [0.15, 0.2) is 0 Å². The van der Waals surface area contributed by atoms with Gasteiger partial charge in [-0.05, 0) is 36.8 Å². The summed E-state index contributed by atoms with van der Waals surface area (Å²) in [5, 5.41) is 5.03. The predicted molar refractivity (Wildman–Crippen MR) is 107 cm³/mol. The molecule has 1 aliphatic rings. The van der Waals surface area contributed by atoms with E-state index in [2.05, 4.69) is 20.4 Å². The van der Waals surface area contributed by atoms with Gasteiger partial charge in [0, 0.05) is 38.4 Å². The molecule has 1 heterocycles. The summed E-state index contributed by atoms with van der Waals surface area (Å²) in [5.41, 5.74) is 1.81. The standard InChI is InChI=1S/C21H25FN4O2/c1-2-23-21(28)24-20(27)19(16-6-4-3-5-7-16)26-14-12-25(13-15-26)18-10-8-17(22)9-11-18/h3-11,19H,2,12-15H2,1H3,(H2,23,24,27,28). The summed E-state index contributed by atoms with van der Waals surface area (Å²) in [4.78, 5) is 28.9. The summed E-state index contributed by atoms with van der Waals surface area (Å²) >= 11 is 0. The van der Waals surface area contributed by atoms with E-state index in [1.807, 2.05) is 30.3 Å². The molecule has 1 atom stereocenters. The number of rotatable bonds is 5. The largest absolute Gasteiger partial charge is 0.369 e. The average molecular weight is 384 g/mol. The van der Waals surface area contributed by atoms with Gasteiger partial charge in [-0.2, -0.15) is 0 Å². The molecule has 1 unspecified atom stereocenters. The van der Waals surface area contributed by atoms with E-state index in [4.69, 9.17) is 0 Å². The lowest BCUT2D eigenvalue weighted by Gasteiger charge is -2.39. The Hall–Kier alpha value is -2.93. The zero-order chi connectivity index (χ0) is 19.9. The number of imide groups is 1. The van der Waals surface area contributed by atoms with Crippen molar-refractivity contribution in [2.75, 3.05) is 37.6 Å². The van der Waals surface area contributed by atoms with Crippen molar-refractivity contribution in [1.29, 1.82) is 0 Å². The van der Waals surface area contributed by atoms with Crippen molar-refractivity contribution in [3.63, 3.8) is 0 Å². The topological polar surface area (TPSA) is 64.7 Å². The summed E-state index contributed by atoms with van der Waals surface area (Å²) in [7, 11) is 0. The van der Waals surface area contributed by atoms with Gasteiger partial charge in [0.2, 0.25) is 5.91 Å². The summed E-state index contributed by atoms with van der Waals surface area (Å²) in [6.45, 7) is 4.98. The van der Waals surface area contributed by atoms with Gasteiger partial charge in [0.05, 0.1) is 0 Å². The second-order valence-electron chi connectivity index (χ2n) is 6.66. The molecule has 3 rings (SSSR count). The fraction of sp³-hybridized carbons (Fsp3) is 0.333. The van der Waals surface area contributed by atoms with Crippen LogP contribution in [0.2, 0.25) is 0 Å². The van der Waals surface area contributed by atoms with Crippen LogP contribution in [-0.4, -0.2) is 49.6 Å².